The highest BCUT2D eigenvalue weighted by atomic mass is 32.2. The second-order valence-electron chi connectivity index (χ2n) is 5.99. The van der Waals surface area contributed by atoms with Crippen LogP contribution in [0.2, 0.25) is 0 Å². The van der Waals surface area contributed by atoms with Crippen LogP contribution in [0.3, 0.4) is 0 Å². The molecule has 0 aliphatic heterocycles. The van der Waals surface area contributed by atoms with Crippen LogP contribution in [0.4, 0.5) is 0 Å². The number of primary amides is 1. The Morgan fingerprint density at radius 3 is 2.48 bits per heavy atom. The first-order valence-corrected chi connectivity index (χ1v) is 9.64. The highest BCUT2D eigenvalue weighted by molar-refractivity contribution is 8.00. The number of carbonyl (C=O) groups is 1. The van der Waals surface area contributed by atoms with Crippen molar-refractivity contribution in [2.45, 2.75) is 30.7 Å². The summed E-state index contributed by atoms with van der Waals surface area (Å²) in [6.45, 7) is 4.33. The highest BCUT2D eigenvalue weighted by Crippen LogP contribution is 2.27. The number of aromatic nitrogens is 3. The van der Waals surface area contributed by atoms with Crippen LogP contribution in [0.1, 0.15) is 25.2 Å². The Kier molecular flexibility index (Phi) is 6.13. The van der Waals surface area contributed by atoms with Crippen molar-refractivity contribution in [1.82, 2.24) is 14.8 Å². The van der Waals surface area contributed by atoms with Gasteiger partial charge in [-0.1, -0.05) is 42.1 Å². The van der Waals surface area contributed by atoms with Gasteiger partial charge in [0, 0.05) is 12.1 Å². The van der Waals surface area contributed by atoms with Crippen LogP contribution in [-0.2, 0) is 11.2 Å². The van der Waals surface area contributed by atoms with E-state index in [0.717, 1.165) is 22.8 Å². The predicted molar refractivity (Wildman–Crippen MR) is 106 cm³/mol. The molecule has 6 nitrogen and oxygen atoms in total. The maximum absolute atomic E-state index is 11.5. The summed E-state index contributed by atoms with van der Waals surface area (Å²) in [4.78, 5) is 11.5. The molecular weight excluding hydrogens is 360 g/mol. The van der Waals surface area contributed by atoms with E-state index in [-0.39, 0.29) is 5.91 Å². The largest absolute Gasteiger partial charge is 0.494 e. The SMILES string of the molecule is CCOc1ccc(-n2c(Cc3ccccc3)nnc2SC(C)C(N)=O)cc1. The zero-order valence-electron chi connectivity index (χ0n) is 15.3. The molecule has 0 aliphatic carbocycles. The number of thioether (sulfide) groups is 1. The molecule has 0 bridgehead atoms. The standard InChI is InChI=1S/C20H22N4O2S/c1-3-26-17-11-9-16(10-12-17)24-18(13-15-7-5-4-6-8-15)22-23-20(24)27-14(2)19(21)25/h4-12,14H,3,13H2,1-2H3,(H2,21,25). The minimum Gasteiger partial charge on any atom is -0.494 e. The lowest BCUT2D eigenvalue weighted by molar-refractivity contribution is -0.117. The third-order valence-corrected chi connectivity index (χ3v) is 5.06. The number of carbonyl (C=O) groups excluding carboxylic acids is 1. The second-order valence-corrected chi connectivity index (χ2v) is 7.29. The van der Waals surface area contributed by atoms with Crippen molar-refractivity contribution in [2.24, 2.45) is 5.73 Å². The van der Waals surface area contributed by atoms with Gasteiger partial charge < -0.3 is 10.5 Å². The first-order valence-electron chi connectivity index (χ1n) is 8.76. The van der Waals surface area contributed by atoms with Crippen LogP contribution in [0.25, 0.3) is 5.69 Å². The van der Waals surface area contributed by atoms with Gasteiger partial charge in [-0.3, -0.25) is 9.36 Å². The molecule has 1 aromatic heterocycles. The van der Waals surface area contributed by atoms with Crippen LogP contribution < -0.4 is 10.5 Å². The molecular formula is C20H22N4O2S. The quantitative estimate of drug-likeness (QED) is 0.605. The average molecular weight is 382 g/mol. The highest BCUT2D eigenvalue weighted by Gasteiger charge is 2.19. The van der Waals surface area contributed by atoms with E-state index < -0.39 is 5.25 Å². The first-order chi connectivity index (χ1) is 13.1. The molecule has 0 radical (unpaired) electrons. The van der Waals surface area contributed by atoms with Crippen molar-refractivity contribution in [1.29, 1.82) is 0 Å². The molecule has 0 aliphatic rings. The topological polar surface area (TPSA) is 83.0 Å². The summed E-state index contributed by atoms with van der Waals surface area (Å²) in [5.74, 6) is 1.22. The second kappa shape index (κ2) is 8.73. The maximum Gasteiger partial charge on any atom is 0.230 e. The van der Waals surface area contributed by atoms with Crippen molar-refractivity contribution in [2.75, 3.05) is 6.61 Å². The number of nitrogens with two attached hydrogens (primary N) is 1. The summed E-state index contributed by atoms with van der Waals surface area (Å²) >= 11 is 1.30. The molecule has 2 N–H and O–H groups in total. The smallest absolute Gasteiger partial charge is 0.230 e. The Balaban J connectivity index is 1.98. The van der Waals surface area contributed by atoms with Crippen LogP contribution in [-0.4, -0.2) is 32.5 Å². The number of rotatable bonds is 8. The van der Waals surface area contributed by atoms with Crippen LogP contribution >= 0.6 is 11.8 Å². The molecule has 2 aromatic carbocycles. The predicted octanol–water partition coefficient (Wildman–Crippen LogP) is 3.22. The Morgan fingerprint density at radius 1 is 1.15 bits per heavy atom. The van der Waals surface area contributed by atoms with E-state index in [1.165, 1.54) is 11.8 Å². The number of ether oxygens (including phenoxy) is 1. The fraction of sp³-hybridized carbons (Fsp3) is 0.250. The zero-order valence-corrected chi connectivity index (χ0v) is 16.1. The maximum atomic E-state index is 11.5. The molecule has 3 aromatic rings. The molecule has 0 saturated carbocycles. The Morgan fingerprint density at radius 2 is 1.85 bits per heavy atom. The molecule has 7 heteroatoms. The van der Waals surface area contributed by atoms with E-state index >= 15 is 0 Å². The number of benzene rings is 2. The molecule has 3 rings (SSSR count). The fourth-order valence-electron chi connectivity index (χ4n) is 2.60. The molecule has 1 unspecified atom stereocenters. The Hall–Kier alpha value is -2.80. The third kappa shape index (κ3) is 4.68. The van der Waals surface area contributed by atoms with Gasteiger partial charge in [-0.05, 0) is 43.7 Å². The molecule has 1 atom stereocenters. The summed E-state index contributed by atoms with van der Waals surface area (Å²) in [5.41, 5.74) is 7.47. The van der Waals surface area contributed by atoms with Gasteiger partial charge in [-0.15, -0.1) is 10.2 Å². The van der Waals surface area contributed by atoms with Gasteiger partial charge in [0.05, 0.1) is 11.9 Å². The van der Waals surface area contributed by atoms with Gasteiger partial charge in [0.2, 0.25) is 5.91 Å². The monoisotopic (exact) mass is 382 g/mol. The van der Waals surface area contributed by atoms with E-state index in [4.69, 9.17) is 10.5 Å². The van der Waals surface area contributed by atoms with Gasteiger partial charge in [0.25, 0.3) is 0 Å². The van der Waals surface area contributed by atoms with E-state index in [0.29, 0.717) is 18.2 Å². The van der Waals surface area contributed by atoms with Gasteiger partial charge >= 0.3 is 0 Å². The lowest BCUT2D eigenvalue weighted by Gasteiger charge is -2.13. The molecule has 0 fully saturated rings. The molecule has 140 valence electrons. The van der Waals surface area contributed by atoms with E-state index in [9.17, 15) is 4.79 Å². The first kappa shape index (κ1) is 19.0. The van der Waals surface area contributed by atoms with Gasteiger partial charge in [0.1, 0.15) is 11.6 Å². The van der Waals surface area contributed by atoms with Gasteiger partial charge in [0.15, 0.2) is 5.16 Å². The molecule has 0 spiro atoms. The summed E-state index contributed by atoms with van der Waals surface area (Å²) in [6.07, 6.45) is 0.632. The average Bonchev–Trinajstić information content (AvgIpc) is 3.05. The van der Waals surface area contributed by atoms with Gasteiger partial charge in [-0.25, -0.2) is 0 Å². The van der Waals surface area contributed by atoms with Crippen LogP contribution in [0, 0.1) is 0 Å². The van der Waals surface area contributed by atoms with Crippen molar-refractivity contribution in [3.8, 4) is 11.4 Å². The number of nitrogens with zero attached hydrogens (tertiary/aromatic N) is 3. The number of amides is 1. The minimum absolute atomic E-state index is 0.383. The fourth-order valence-corrected chi connectivity index (χ4v) is 3.44. The lowest BCUT2D eigenvalue weighted by Crippen LogP contribution is -2.23. The number of hydrogen-bond donors (Lipinski definition) is 1. The van der Waals surface area contributed by atoms with Crippen molar-refractivity contribution in [3.05, 3.63) is 66.0 Å². The minimum atomic E-state index is -0.403. The summed E-state index contributed by atoms with van der Waals surface area (Å²) in [6, 6.07) is 17.8. The normalized spacial score (nSPS) is 11.9. The van der Waals surface area contributed by atoms with Gasteiger partial charge in [-0.2, -0.15) is 0 Å². The van der Waals surface area contributed by atoms with Crippen molar-refractivity contribution >= 4 is 17.7 Å². The lowest BCUT2D eigenvalue weighted by atomic mass is 10.1. The van der Waals surface area contributed by atoms with Crippen molar-refractivity contribution < 1.29 is 9.53 Å². The molecule has 1 amide bonds. The third-order valence-electron chi connectivity index (χ3n) is 3.99. The Bertz CT molecular complexity index is 894. The van der Waals surface area contributed by atoms with Crippen LogP contribution in [0.5, 0.6) is 5.75 Å². The van der Waals surface area contributed by atoms with E-state index in [1.54, 1.807) is 6.92 Å². The molecule has 27 heavy (non-hydrogen) atoms. The number of hydrogen-bond acceptors (Lipinski definition) is 5. The Labute approximate surface area is 162 Å². The molecule has 1 heterocycles. The molecule has 0 saturated heterocycles. The zero-order chi connectivity index (χ0) is 19.2. The summed E-state index contributed by atoms with van der Waals surface area (Å²) < 4.78 is 7.49. The summed E-state index contributed by atoms with van der Waals surface area (Å²) in [7, 11) is 0. The van der Waals surface area contributed by atoms with E-state index in [2.05, 4.69) is 22.3 Å². The van der Waals surface area contributed by atoms with Crippen LogP contribution in [0.15, 0.2) is 59.8 Å². The van der Waals surface area contributed by atoms with Crippen molar-refractivity contribution in [3.63, 3.8) is 0 Å². The summed E-state index contributed by atoms with van der Waals surface area (Å²) in [5, 5.41) is 8.91. The van der Waals surface area contributed by atoms with E-state index in [1.807, 2.05) is 54.0 Å².